The average molecular weight is 1440 g/mol. The summed E-state index contributed by atoms with van der Waals surface area (Å²) in [6.07, 6.45) is -1.02. The van der Waals surface area contributed by atoms with Crippen molar-refractivity contribution in [3.05, 3.63) is 135 Å². The molecule has 0 saturated carbocycles. The molecule has 3 atom stereocenters. The Labute approximate surface area is 599 Å². The van der Waals surface area contributed by atoms with Gasteiger partial charge in [-0.25, -0.2) is 4.98 Å². The van der Waals surface area contributed by atoms with Crippen molar-refractivity contribution in [1.29, 1.82) is 0 Å². The van der Waals surface area contributed by atoms with Crippen LogP contribution in [0.2, 0.25) is 0 Å². The van der Waals surface area contributed by atoms with E-state index in [0.29, 0.717) is 46.5 Å². The molecule has 103 heavy (non-hydrogen) atoms. The van der Waals surface area contributed by atoms with Crippen molar-refractivity contribution in [2.75, 3.05) is 72.6 Å². The fourth-order valence-electron chi connectivity index (χ4n) is 12.2. The van der Waals surface area contributed by atoms with Gasteiger partial charge in [0.05, 0.1) is 108 Å². The molecule has 0 spiro atoms. The maximum Gasteiger partial charge on any atom is 0.298 e. The molecule has 1 fully saturated rings. The van der Waals surface area contributed by atoms with Crippen LogP contribution in [0.15, 0.2) is 88.3 Å². The molecule has 552 valence electrons. The summed E-state index contributed by atoms with van der Waals surface area (Å²) in [5.41, 5.74) is 20.6. The fourth-order valence-corrected chi connectivity index (χ4v) is 13.0. The largest absolute Gasteiger partial charge is 0.391 e. The zero-order valence-electron chi connectivity index (χ0n) is 59.9. The van der Waals surface area contributed by atoms with Crippen LogP contribution in [-0.4, -0.2) is 197 Å². The molecule has 5 aromatic heterocycles. The number of carbonyl (C=O) groups excluding carboxylic acids is 8. The molecule has 0 bridgehead atoms. The van der Waals surface area contributed by atoms with Crippen molar-refractivity contribution in [2.45, 2.75) is 132 Å². The molecule has 0 aliphatic carbocycles. The Morgan fingerprint density at radius 3 is 1.66 bits per heavy atom. The van der Waals surface area contributed by atoms with Gasteiger partial charge in [0.25, 0.3) is 11.8 Å². The van der Waals surface area contributed by atoms with Crippen molar-refractivity contribution in [3.8, 4) is 10.4 Å². The van der Waals surface area contributed by atoms with E-state index in [-0.39, 0.29) is 145 Å². The quantitative estimate of drug-likeness (QED) is 0.0310. The molecule has 8 aromatic rings. The lowest BCUT2D eigenvalue weighted by Gasteiger charge is -2.35. The number of thiazole rings is 1. The number of hydrogen-bond acceptors (Lipinski definition) is 18. The highest BCUT2D eigenvalue weighted by molar-refractivity contribution is 7.13. The number of aliphatic hydroxyl groups is 1. The van der Waals surface area contributed by atoms with E-state index >= 15 is 0 Å². The van der Waals surface area contributed by atoms with Crippen LogP contribution in [0.5, 0.6) is 0 Å². The predicted molar refractivity (Wildman–Crippen MR) is 381 cm³/mol. The summed E-state index contributed by atoms with van der Waals surface area (Å²) in [7, 11) is 3.46. The van der Waals surface area contributed by atoms with Crippen molar-refractivity contribution in [3.63, 3.8) is 0 Å². The van der Waals surface area contributed by atoms with Crippen molar-refractivity contribution in [2.24, 2.45) is 41.0 Å². The number of aromatic nitrogens is 9. The number of rotatable bonds is 35. The van der Waals surface area contributed by atoms with Gasteiger partial charge in [0.2, 0.25) is 46.7 Å². The van der Waals surface area contributed by atoms with E-state index in [2.05, 4.69) is 41.1 Å². The average Bonchev–Trinajstić information content (AvgIpc) is 1.61. The first-order valence-electron chi connectivity index (χ1n) is 34.2. The number of aryl methyl sites for hydroxylation is 9. The Morgan fingerprint density at radius 1 is 0.660 bits per heavy atom. The smallest absolute Gasteiger partial charge is 0.298 e. The molecule has 9 rings (SSSR count). The number of hydrogen-bond donors (Lipinski definition) is 6. The van der Waals surface area contributed by atoms with Crippen LogP contribution in [0.4, 0.5) is 0 Å². The molecular formula is C71H93N17O14S. The molecule has 31 nitrogen and oxygen atoms in total. The molecule has 1 saturated heterocycles. The second kappa shape index (κ2) is 35.4. The van der Waals surface area contributed by atoms with Crippen molar-refractivity contribution >= 4 is 80.7 Å². The molecule has 1 aliphatic heterocycles. The number of nitrogens with zero attached hydrogens (tertiary/aromatic N) is 12. The van der Waals surface area contributed by atoms with Gasteiger partial charge < -0.3 is 79.4 Å². The zero-order valence-corrected chi connectivity index (χ0v) is 60.8. The Morgan fingerprint density at radius 2 is 1.17 bits per heavy atom. The molecule has 3 aromatic carbocycles. The van der Waals surface area contributed by atoms with Gasteiger partial charge in [-0.05, 0) is 113 Å². The molecule has 8 amide bonds. The molecule has 8 N–H and O–H groups in total. The minimum Gasteiger partial charge on any atom is -0.391 e. The predicted octanol–water partition coefficient (Wildman–Crippen LogP) is 3.29. The summed E-state index contributed by atoms with van der Waals surface area (Å²) < 4.78 is 39.3. The van der Waals surface area contributed by atoms with Crippen LogP contribution < -0.4 is 38.7 Å². The number of imidazole rings is 2. The highest BCUT2D eigenvalue weighted by Gasteiger charge is 2.44. The standard InChI is InChI=1S/C71H93N17O14S/c1-11-87-57(33-43(3)80-87)66(95)78-69-82(9)54-35-48(63(72)92)17-19-52(54)84(69)24-21-51(22-25-85-53-20-18-49(64(73)93)36-55(53)83(10)70(85)79-67(96)58-34-44(4)81-88(58)12-2)102-41-59(90)74-23-26-98-27-28-99-29-30-100-31-32-101-40-60(91)77-62(71(6,7)8)68(97)86-39-50(89)37-56(86)65(94)75-38-46-13-15-47(16-14-46)61-45(5)76-42-103-61/h13-20,33-36,42,50-51,56,62,89H,11-12,21-32,37-41H2,1-10H3,(H2,72,92)(H2,73,93)(H,74,90)(H,75,94)(H,77,91)/t50-,51?,56+,62-/m1/s1. The summed E-state index contributed by atoms with van der Waals surface area (Å²) >= 11 is 1.55. The summed E-state index contributed by atoms with van der Waals surface area (Å²) in [5.74, 6) is -4.21. The molecule has 32 heteroatoms. The Balaban J connectivity index is 0.746. The number of benzene rings is 3. The fraction of sp³-hybridized carbons (Fsp3) is 0.479. The first kappa shape index (κ1) is 77.3. The SMILES string of the molecule is CCn1nc(C)cc1C(=O)N=c1n(C)c2cc(C(N)=O)ccc2n1CCC(CCn1c(=NC(=O)c2cc(C)nn2CC)n(C)c2cc(C(N)=O)ccc21)OCC(=O)NCCOCCOCCOCCOCC(=O)N[C@H](C(=O)N1C[C@H](O)C[C@H]1C(=O)NCc1ccc(-c2scnc2C)cc1)C(C)(C)C. The van der Waals surface area contributed by atoms with Crippen LogP contribution in [-0.2, 0) is 89.7 Å². The summed E-state index contributed by atoms with van der Waals surface area (Å²) in [6, 6.07) is 19.1. The number of likely N-dealkylation sites (tertiary alicyclic amines) is 1. The summed E-state index contributed by atoms with van der Waals surface area (Å²) in [6.45, 7) is 16.9. The van der Waals surface area contributed by atoms with Gasteiger partial charge in [-0.3, -0.25) is 47.7 Å². The number of primary amides is 2. The number of aliphatic hydroxyl groups excluding tert-OH is 1. The van der Waals surface area contributed by atoms with Gasteiger partial charge in [0.1, 0.15) is 36.7 Å². The monoisotopic (exact) mass is 1440 g/mol. The van der Waals surface area contributed by atoms with Crippen LogP contribution in [0, 0.1) is 26.2 Å². The van der Waals surface area contributed by atoms with Crippen LogP contribution in [0.1, 0.15) is 118 Å². The molecular weight excluding hydrogens is 1350 g/mol. The first-order chi connectivity index (χ1) is 49.2. The highest BCUT2D eigenvalue weighted by Crippen LogP contribution is 2.29. The van der Waals surface area contributed by atoms with Gasteiger partial charge >= 0.3 is 0 Å². The van der Waals surface area contributed by atoms with Gasteiger partial charge in [0, 0.05) is 77.5 Å². The summed E-state index contributed by atoms with van der Waals surface area (Å²) in [5, 5.41) is 28.1. The molecule has 0 radical (unpaired) electrons. The second-order valence-corrected chi connectivity index (χ2v) is 27.0. The van der Waals surface area contributed by atoms with E-state index in [1.165, 1.54) is 4.90 Å². The van der Waals surface area contributed by atoms with Crippen LogP contribution in [0.3, 0.4) is 0 Å². The number of ether oxygens (including phenoxy) is 5. The number of fused-ring (bicyclic) bond motifs is 2. The third kappa shape index (κ3) is 19.7. The van der Waals surface area contributed by atoms with Crippen LogP contribution in [0.25, 0.3) is 32.5 Å². The molecule has 1 aliphatic rings. The summed E-state index contributed by atoms with van der Waals surface area (Å²) in [4.78, 5) is 123. The molecule has 6 heterocycles. The number of nitrogens with two attached hydrogens (primary N) is 2. The van der Waals surface area contributed by atoms with Gasteiger partial charge in [-0.15, -0.1) is 11.3 Å². The lowest BCUT2D eigenvalue weighted by Crippen LogP contribution is -2.58. The highest BCUT2D eigenvalue weighted by atomic mass is 32.1. The van der Waals surface area contributed by atoms with Gasteiger partial charge in [0.15, 0.2) is 0 Å². The number of carbonyl (C=O) groups is 8. The first-order valence-corrected chi connectivity index (χ1v) is 35.1. The normalized spacial score (nSPS) is 15.0. The zero-order chi connectivity index (χ0) is 74.2. The van der Waals surface area contributed by atoms with Gasteiger partial charge in [-0.2, -0.15) is 20.2 Å². The Kier molecular flexibility index (Phi) is 26.6. The van der Waals surface area contributed by atoms with E-state index in [1.807, 2.05) is 54.2 Å². The third-order valence-corrected chi connectivity index (χ3v) is 18.6. The molecule has 0 unspecified atom stereocenters. The van der Waals surface area contributed by atoms with Crippen molar-refractivity contribution in [1.82, 2.24) is 63.7 Å². The minimum atomic E-state index is -1.02. The lowest BCUT2D eigenvalue weighted by molar-refractivity contribution is -0.144. The maximum atomic E-state index is 14.1. The van der Waals surface area contributed by atoms with E-state index in [9.17, 15) is 43.5 Å². The van der Waals surface area contributed by atoms with Crippen LogP contribution >= 0.6 is 11.3 Å². The van der Waals surface area contributed by atoms with E-state index in [1.54, 1.807) is 133 Å². The van der Waals surface area contributed by atoms with Gasteiger partial charge in [-0.1, -0.05) is 45.0 Å². The lowest BCUT2D eigenvalue weighted by atomic mass is 9.85. The number of amides is 8. The maximum absolute atomic E-state index is 14.1. The minimum absolute atomic E-state index is 0.0571. The third-order valence-electron chi connectivity index (χ3n) is 17.6. The van der Waals surface area contributed by atoms with Crippen molar-refractivity contribution < 1.29 is 67.1 Å². The second-order valence-electron chi connectivity index (χ2n) is 26.2. The van der Waals surface area contributed by atoms with E-state index in [4.69, 9.17) is 35.2 Å². The Hall–Kier alpha value is -9.83. The number of nitrogens with one attached hydrogen (secondary N) is 3. The topological polar surface area (TPSA) is 387 Å². The number of β-amino-alcohol motifs (C(OH)–C–C–N with tert-alkyl or cyclic N) is 1. The van der Waals surface area contributed by atoms with E-state index in [0.717, 1.165) is 21.7 Å². The van der Waals surface area contributed by atoms with E-state index < -0.39 is 77.0 Å². The Bertz CT molecular complexity index is 4350.